The molecule has 15 nitrogen and oxygen atoms in total. The second kappa shape index (κ2) is 22.2. The van der Waals surface area contributed by atoms with Crippen molar-refractivity contribution >= 4 is 53.2 Å². The molecular weight excluding hydrogens is 688 g/mol. The van der Waals surface area contributed by atoms with E-state index in [1.165, 1.54) is 31.4 Å². The smallest absolute Gasteiger partial charge is 0.330 e. The van der Waals surface area contributed by atoms with Crippen molar-refractivity contribution in [1.82, 2.24) is 10.6 Å². The van der Waals surface area contributed by atoms with Crippen LogP contribution in [0.15, 0.2) is 95.7 Å². The summed E-state index contributed by atoms with van der Waals surface area (Å²) in [7, 11) is 1.45. The Hall–Kier alpha value is -6.64. The van der Waals surface area contributed by atoms with Gasteiger partial charge in [-0.25, -0.2) is 9.59 Å². The summed E-state index contributed by atoms with van der Waals surface area (Å²) in [5.74, 6) is -2.12. The van der Waals surface area contributed by atoms with E-state index in [1.54, 1.807) is 54.6 Å². The normalized spacial score (nSPS) is 10.7. The van der Waals surface area contributed by atoms with E-state index in [9.17, 15) is 28.8 Å². The standard InChI is InChI=1S/C38H40N4O11/c1-4-6-7-8-23-50-35(45)20-10-26-9-15-31(24-32(26)49-3)53-37(47)22-21-36(46)52-30-18-13-28(14-19-30)42-41-27-11-16-29(17-12-27)51-25-34(44)40-38(48)39-33(43)5-2/h5,9-20,24H,2,4,6-8,21-23,25H2,1,3H3,(H2,39,40,43,44,48)/b20-10+,42-41?. The molecule has 3 rings (SSSR count). The van der Waals surface area contributed by atoms with Gasteiger partial charge in [-0.3, -0.25) is 29.8 Å². The first-order valence-corrected chi connectivity index (χ1v) is 16.5. The molecule has 0 radical (unpaired) electrons. The van der Waals surface area contributed by atoms with Gasteiger partial charge >= 0.3 is 23.9 Å². The summed E-state index contributed by atoms with van der Waals surface area (Å²) in [5.41, 5.74) is 1.53. The van der Waals surface area contributed by atoms with Crippen LogP contribution in [0.1, 0.15) is 51.0 Å². The number of urea groups is 1. The number of nitrogens with one attached hydrogen (secondary N) is 2. The number of nitrogens with zero attached hydrogens (tertiary/aromatic N) is 2. The number of methoxy groups -OCH3 is 1. The number of imide groups is 2. The maximum atomic E-state index is 12.4. The van der Waals surface area contributed by atoms with Crippen molar-refractivity contribution in [3.8, 4) is 23.0 Å². The Balaban J connectivity index is 1.39. The third-order valence-electron chi connectivity index (χ3n) is 6.84. The molecule has 15 heteroatoms. The molecule has 3 aromatic rings. The van der Waals surface area contributed by atoms with E-state index >= 15 is 0 Å². The SMILES string of the molecule is C=CC(=O)NC(=O)NC(=O)COc1ccc(N=Nc2ccc(OC(=O)CCC(=O)Oc3ccc(/C=C/C(=O)OCCCCCC)c(OC)c3)cc2)cc1. The fourth-order valence-corrected chi connectivity index (χ4v) is 4.18. The van der Waals surface area contributed by atoms with Gasteiger partial charge in [-0.15, -0.1) is 0 Å². The molecule has 2 N–H and O–H groups in total. The summed E-state index contributed by atoms with van der Waals surface area (Å²) in [4.78, 5) is 71.1. The molecule has 0 atom stereocenters. The zero-order chi connectivity index (χ0) is 38.4. The highest BCUT2D eigenvalue weighted by Crippen LogP contribution is 2.27. The Labute approximate surface area is 306 Å². The molecule has 0 aromatic heterocycles. The average molecular weight is 729 g/mol. The number of carbonyl (C=O) groups is 6. The predicted molar refractivity (Wildman–Crippen MR) is 192 cm³/mol. The van der Waals surface area contributed by atoms with Crippen LogP contribution in [0.5, 0.6) is 23.0 Å². The monoisotopic (exact) mass is 728 g/mol. The molecule has 0 aliphatic carbocycles. The molecular formula is C38H40N4O11. The highest BCUT2D eigenvalue weighted by Gasteiger charge is 2.13. The highest BCUT2D eigenvalue weighted by atomic mass is 16.5. The van der Waals surface area contributed by atoms with Crippen LogP contribution in [0.4, 0.5) is 16.2 Å². The molecule has 278 valence electrons. The Morgan fingerprint density at radius 1 is 0.755 bits per heavy atom. The van der Waals surface area contributed by atoms with Crippen LogP contribution in [0.25, 0.3) is 6.08 Å². The molecule has 0 saturated carbocycles. The van der Waals surface area contributed by atoms with Gasteiger partial charge in [0.25, 0.3) is 11.8 Å². The molecule has 3 aromatic carbocycles. The molecule has 0 spiro atoms. The largest absolute Gasteiger partial charge is 0.496 e. The third-order valence-corrected chi connectivity index (χ3v) is 6.84. The Morgan fingerprint density at radius 3 is 1.96 bits per heavy atom. The first kappa shape index (κ1) is 40.8. The minimum atomic E-state index is -0.996. The van der Waals surface area contributed by atoms with Crippen LogP contribution in [-0.2, 0) is 28.7 Å². The van der Waals surface area contributed by atoms with Crippen molar-refractivity contribution in [2.75, 3.05) is 20.3 Å². The van der Waals surface area contributed by atoms with Gasteiger partial charge in [-0.1, -0.05) is 32.8 Å². The zero-order valence-electron chi connectivity index (χ0n) is 29.3. The van der Waals surface area contributed by atoms with E-state index < -0.39 is 42.4 Å². The van der Waals surface area contributed by atoms with E-state index in [-0.39, 0.29) is 24.3 Å². The number of unbranched alkanes of at least 4 members (excludes halogenated alkanes) is 3. The van der Waals surface area contributed by atoms with Gasteiger partial charge < -0.3 is 23.7 Å². The Kier molecular flexibility index (Phi) is 17.1. The van der Waals surface area contributed by atoms with Gasteiger partial charge in [0.15, 0.2) is 6.61 Å². The minimum absolute atomic E-state index is 0.206. The van der Waals surface area contributed by atoms with Gasteiger partial charge in [-0.2, -0.15) is 10.2 Å². The lowest BCUT2D eigenvalue weighted by atomic mass is 10.1. The summed E-state index contributed by atoms with van der Waals surface area (Å²) in [5, 5.41) is 12.1. The lowest BCUT2D eigenvalue weighted by Crippen LogP contribution is -2.43. The van der Waals surface area contributed by atoms with Crippen molar-refractivity contribution < 1.29 is 52.5 Å². The average Bonchev–Trinajstić information content (AvgIpc) is 3.15. The number of esters is 3. The zero-order valence-corrected chi connectivity index (χ0v) is 29.3. The molecule has 53 heavy (non-hydrogen) atoms. The van der Waals surface area contributed by atoms with Crippen LogP contribution < -0.4 is 29.6 Å². The molecule has 0 bridgehead atoms. The number of rotatable bonds is 19. The van der Waals surface area contributed by atoms with Gasteiger partial charge in [0, 0.05) is 17.7 Å². The number of benzene rings is 3. The summed E-state index contributed by atoms with van der Waals surface area (Å²) >= 11 is 0. The first-order chi connectivity index (χ1) is 25.6. The minimum Gasteiger partial charge on any atom is -0.496 e. The number of hydrogen-bond acceptors (Lipinski definition) is 13. The van der Waals surface area contributed by atoms with Gasteiger partial charge in [-0.05, 0) is 79.2 Å². The van der Waals surface area contributed by atoms with Crippen LogP contribution >= 0.6 is 0 Å². The van der Waals surface area contributed by atoms with Gasteiger partial charge in [0.2, 0.25) is 0 Å². The second-order valence-corrected chi connectivity index (χ2v) is 11.0. The predicted octanol–water partition coefficient (Wildman–Crippen LogP) is 6.46. The summed E-state index contributed by atoms with van der Waals surface area (Å²) in [6.45, 7) is 5.20. The third kappa shape index (κ3) is 15.8. The molecule has 0 heterocycles. The lowest BCUT2D eigenvalue weighted by molar-refractivity contribution is -0.140. The van der Waals surface area contributed by atoms with Crippen molar-refractivity contribution in [3.63, 3.8) is 0 Å². The number of azo groups is 1. The topological polar surface area (TPSA) is 197 Å². The van der Waals surface area contributed by atoms with E-state index in [0.717, 1.165) is 31.8 Å². The number of carbonyl (C=O) groups excluding carboxylic acids is 6. The molecule has 0 unspecified atom stereocenters. The number of hydrogen-bond donors (Lipinski definition) is 2. The van der Waals surface area contributed by atoms with Crippen molar-refractivity contribution in [1.29, 1.82) is 0 Å². The van der Waals surface area contributed by atoms with Crippen LogP contribution in [0.2, 0.25) is 0 Å². The number of ether oxygens (including phenoxy) is 5. The van der Waals surface area contributed by atoms with Gasteiger partial charge in [0.1, 0.15) is 23.0 Å². The van der Waals surface area contributed by atoms with E-state index in [0.29, 0.717) is 35.0 Å². The molecule has 0 aliphatic heterocycles. The molecule has 4 amide bonds. The van der Waals surface area contributed by atoms with Crippen LogP contribution in [0, 0.1) is 0 Å². The Bertz CT molecular complexity index is 1800. The maximum Gasteiger partial charge on any atom is 0.330 e. The first-order valence-electron chi connectivity index (χ1n) is 16.5. The highest BCUT2D eigenvalue weighted by molar-refractivity contribution is 6.05. The molecule has 0 aliphatic rings. The van der Waals surface area contributed by atoms with Crippen molar-refractivity contribution in [2.24, 2.45) is 10.2 Å². The van der Waals surface area contributed by atoms with Gasteiger partial charge in [0.05, 0.1) is 37.9 Å². The maximum absolute atomic E-state index is 12.4. The van der Waals surface area contributed by atoms with E-state index in [4.69, 9.17) is 23.7 Å². The summed E-state index contributed by atoms with van der Waals surface area (Å²) in [6.07, 6.45) is 7.31. The lowest BCUT2D eigenvalue weighted by Gasteiger charge is -2.09. The quantitative estimate of drug-likeness (QED) is 0.0452. The summed E-state index contributed by atoms with van der Waals surface area (Å²) in [6, 6.07) is 16.2. The van der Waals surface area contributed by atoms with E-state index in [2.05, 4.69) is 23.7 Å². The van der Waals surface area contributed by atoms with E-state index in [1.807, 2.05) is 10.6 Å². The van der Waals surface area contributed by atoms with Crippen molar-refractivity contribution in [3.05, 3.63) is 91.0 Å². The fraction of sp³-hybridized carbons (Fsp3) is 0.263. The molecule has 0 fully saturated rings. The van der Waals surface area contributed by atoms with Crippen molar-refractivity contribution in [2.45, 2.75) is 45.4 Å². The second-order valence-electron chi connectivity index (χ2n) is 11.0. The molecule has 0 saturated heterocycles. The van der Waals surface area contributed by atoms with Crippen LogP contribution in [0.3, 0.4) is 0 Å². The fourth-order valence-electron chi connectivity index (χ4n) is 4.18. The summed E-state index contributed by atoms with van der Waals surface area (Å²) < 4.78 is 26.5. The Morgan fingerprint density at radius 2 is 1.36 bits per heavy atom. The van der Waals surface area contributed by atoms with Crippen LogP contribution in [-0.4, -0.2) is 56.1 Å². The number of amides is 4.